The van der Waals surface area contributed by atoms with Gasteiger partial charge in [-0.1, -0.05) is 36.4 Å². The smallest absolute Gasteiger partial charge is 0.128 e. The molecule has 0 atom stereocenters. The van der Waals surface area contributed by atoms with Crippen molar-refractivity contribution >= 4 is 22.7 Å². The minimum absolute atomic E-state index is 0.720. The van der Waals surface area contributed by atoms with Gasteiger partial charge in [-0.05, 0) is 79.1 Å². The van der Waals surface area contributed by atoms with E-state index in [2.05, 4.69) is 78.0 Å². The number of hydrogen-bond acceptors (Lipinski definition) is 3. The SMILES string of the molecule is COc1ccc(SC)cc1-c1[nH]c2ccc(-c3ccccc3)cc2c1CCCCN. The fraction of sp³-hybridized carbons (Fsp3) is 0.231. The number of nitrogens with one attached hydrogen (secondary N) is 1. The monoisotopic (exact) mass is 416 g/mol. The van der Waals surface area contributed by atoms with Crippen LogP contribution < -0.4 is 10.5 Å². The van der Waals surface area contributed by atoms with Crippen LogP contribution in [0.3, 0.4) is 0 Å². The standard InChI is InChI=1S/C26H28N2OS/c1-29-25-14-12-20(30-2)17-23(25)26-21(10-6-7-15-27)22-16-19(11-13-24(22)28-26)18-8-4-3-5-9-18/h3-5,8-9,11-14,16-17,28H,6-7,10,15,27H2,1-2H3. The molecule has 0 spiro atoms. The maximum atomic E-state index is 5.78. The molecule has 3 N–H and O–H groups in total. The van der Waals surface area contributed by atoms with Crippen molar-refractivity contribution in [2.24, 2.45) is 5.73 Å². The molecule has 0 aliphatic rings. The van der Waals surface area contributed by atoms with Gasteiger partial charge in [-0.2, -0.15) is 0 Å². The molecule has 0 radical (unpaired) electrons. The highest BCUT2D eigenvalue weighted by atomic mass is 32.2. The number of aromatic nitrogens is 1. The lowest BCUT2D eigenvalue weighted by atomic mass is 9.97. The lowest BCUT2D eigenvalue weighted by Gasteiger charge is -2.11. The molecule has 0 amide bonds. The zero-order chi connectivity index (χ0) is 20.9. The van der Waals surface area contributed by atoms with E-state index in [0.29, 0.717) is 0 Å². The van der Waals surface area contributed by atoms with Gasteiger partial charge >= 0.3 is 0 Å². The Labute approximate surface area is 182 Å². The summed E-state index contributed by atoms with van der Waals surface area (Å²) in [6.45, 7) is 0.720. The van der Waals surface area contributed by atoms with Crippen LogP contribution in [0.4, 0.5) is 0 Å². The number of aryl methyl sites for hydroxylation is 1. The summed E-state index contributed by atoms with van der Waals surface area (Å²) in [6, 6.07) is 23.6. The molecule has 154 valence electrons. The Hall–Kier alpha value is -2.69. The molecular weight excluding hydrogens is 388 g/mol. The number of hydrogen-bond donors (Lipinski definition) is 2. The lowest BCUT2D eigenvalue weighted by Crippen LogP contribution is -1.99. The molecule has 3 nitrogen and oxygen atoms in total. The molecule has 1 heterocycles. The van der Waals surface area contributed by atoms with Crippen LogP contribution in [0.2, 0.25) is 0 Å². The van der Waals surface area contributed by atoms with Gasteiger partial charge in [-0.3, -0.25) is 0 Å². The molecule has 0 bridgehead atoms. The van der Waals surface area contributed by atoms with Crippen molar-refractivity contribution in [1.82, 2.24) is 4.98 Å². The number of thioether (sulfide) groups is 1. The summed E-state index contributed by atoms with van der Waals surface area (Å²) in [5, 5.41) is 1.28. The maximum absolute atomic E-state index is 5.78. The average molecular weight is 417 g/mol. The van der Waals surface area contributed by atoms with Crippen molar-refractivity contribution < 1.29 is 4.74 Å². The second-order valence-electron chi connectivity index (χ2n) is 7.42. The van der Waals surface area contributed by atoms with E-state index < -0.39 is 0 Å². The molecule has 0 aliphatic heterocycles. The third kappa shape index (κ3) is 4.11. The van der Waals surface area contributed by atoms with Gasteiger partial charge in [-0.25, -0.2) is 0 Å². The third-order valence-corrected chi connectivity index (χ3v) is 6.30. The number of ether oxygens (including phenoxy) is 1. The van der Waals surface area contributed by atoms with Crippen LogP contribution in [0.15, 0.2) is 71.6 Å². The topological polar surface area (TPSA) is 51.0 Å². The number of nitrogens with two attached hydrogens (primary N) is 1. The second kappa shape index (κ2) is 9.41. The molecule has 0 saturated carbocycles. The van der Waals surface area contributed by atoms with Crippen molar-refractivity contribution in [3.05, 3.63) is 72.3 Å². The summed E-state index contributed by atoms with van der Waals surface area (Å²) in [5.74, 6) is 0.891. The van der Waals surface area contributed by atoms with Crippen LogP contribution in [0.5, 0.6) is 5.75 Å². The van der Waals surface area contributed by atoms with Crippen LogP contribution >= 0.6 is 11.8 Å². The zero-order valence-corrected chi connectivity index (χ0v) is 18.4. The van der Waals surface area contributed by atoms with Gasteiger partial charge in [0.15, 0.2) is 0 Å². The van der Waals surface area contributed by atoms with Crippen LogP contribution in [-0.4, -0.2) is 24.9 Å². The Balaban J connectivity index is 1.90. The van der Waals surface area contributed by atoms with Crippen LogP contribution in [0.1, 0.15) is 18.4 Å². The number of aromatic amines is 1. The molecule has 4 heteroatoms. The molecule has 1 aromatic heterocycles. The third-order valence-electron chi connectivity index (χ3n) is 5.57. The normalized spacial score (nSPS) is 11.2. The van der Waals surface area contributed by atoms with E-state index in [1.807, 2.05) is 0 Å². The highest BCUT2D eigenvalue weighted by molar-refractivity contribution is 7.98. The predicted octanol–water partition coefficient (Wildman–Crippen LogP) is 6.51. The number of unbranched alkanes of at least 4 members (excludes halogenated alkanes) is 1. The maximum Gasteiger partial charge on any atom is 0.128 e. The second-order valence-corrected chi connectivity index (χ2v) is 8.30. The quantitative estimate of drug-likeness (QED) is 0.254. The van der Waals surface area contributed by atoms with E-state index >= 15 is 0 Å². The van der Waals surface area contributed by atoms with Crippen LogP contribution in [-0.2, 0) is 6.42 Å². The van der Waals surface area contributed by atoms with Gasteiger partial charge in [-0.15, -0.1) is 11.8 Å². The number of H-pyrrole nitrogens is 1. The lowest BCUT2D eigenvalue weighted by molar-refractivity contribution is 0.416. The predicted molar refractivity (Wildman–Crippen MR) is 129 cm³/mol. The van der Waals surface area contributed by atoms with Crippen molar-refractivity contribution in [1.29, 1.82) is 0 Å². The molecule has 30 heavy (non-hydrogen) atoms. The zero-order valence-electron chi connectivity index (χ0n) is 17.6. The summed E-state index contributed by atoms with van der Waals surface area (Å²) < 4.78 is 5.72. The molecular formula is C26H28N2OS. The Morgan fingerprint density at radius 2 is 1.77 bits per heavy atom. The van der Waals surface area contributed by atoms with Gasteiger partial charge < -0.3 is 15.5 Å². The molecule has 0 saturated heterocycles. The van der Waals surface area contributed by atoms with Gasteiger partial charge in [0, 0.05) is 21.4 Å². The first kappa shape index (κ1) is 20.6. The Morgan fingerprint density at radius 3 is 2.50 bits per heavy atom. The van der Waals surface area contributed by atoms with Crippen molar-refractivity contribution in [2.45, 2.75) is 24.2 Å². The molecule has 0 fully saturated rings. The van der Waals surface area contributed by atoms with Gasteiger partial charge in [0.05, 0.1) is 12.8 Å². The van der Waals surface area contributed by atoms with E-state index in [9.17, 15) is 0 Å². The van der Waals surface area contributed by atoms with Gasteiger partial charge in [0.25, 0.3) is 0 Å². The van der Waals surface area contributed by atoms with Crippen molar-refractivity contribution in [3.63, 3.8) is 0 Å². The highest BCUT2D eigenvalue weighted by Gasteiger charge is 2.17. The fourth-order valence-electron chi connectivity index (χ4n) is 4.00. The van der Waals surface area contributed by atoms with Crippen LogP contribution in [0, 0.1) is 0 Å². The van der Waals surface area contributed by atoms with Gasteiger partial charge in [0.1, 0.15) is 5.75 Å². The molecule has 4 rings (SSSR count). The van der Waals surface area contributed by atoms with Crippen molar-refractivity contribution in [2.75, 3.05) is 19.9 Å². The van der Waals surface area contributed by atoms with Crippen LogP contribution in [0.25, 0.3) is 33.3 Å². The number of methoxy groups -OCH3 is 1. The van der Waals surface area contributed by atoms with E-state index in [1.54, 1.807) is 18.9 Å². The highest BCUT2D eigenvalue weighted by Crippen LogP contribution is 2.39. The molecule has 0 unspecified atom stereocenters. The number of benzene rings is 3. The van der Waals surface area contributed by atoms with E-state index in [-0.39, 0.29) is 0 Å². The first-order valence-corrected chi connectivity index (χ1v) is 11.6. The first-order valence-electron chi connectivity index (χ1n) is 10.4. The van der Waals surface area contributed by atoms with E-state index in [4.69, 9.17) is 10.5 Å². The first-order chi connectivity index (χ1) is 14.7. The van der Waals surface area contributed by atoms with E-state index in [1.165, 1.54) is 27.0 Å². The van der Waals surface area contributed by atoms with E-state index in [0.717, 1.165) is 48.3 Å². The summed E-state index contributed by atoms with van der Waals surface area (Å²) in [4.78, 5) is 4.92. The fourth-order valence-corrected chi connectivity index (χ4v) is 4.44. The molecule has 3 aromatic carbocycles. The Morgan fingerprint density at radius 1 is 0.933 bits per heavy atom. The van der Waals surface area contributed by atoms with Gasteiger partial charge in [0.2, 0.25) is 0 Å². The summed E-state index contributed by atoms with van der Waals surface area (Å²) >= 11 is 1.74. The number of fused-ring (bicyclic) bond motifs is 1. The summed E-state index contributed by atoms with van der Waals surface area (Å²) in [7, 11) is 1.74. The minimum Gasteiger partial charge on any atom is -0.496 e. The Kier molecular flexibility index (Phi) is 6.46. The minimum atomic E-state index is 0.720. The molecule has 4 aromatic rings. The Bertz CT molecular complexity index is 1130. The summed E-state index contributed by atoms with van der Waals surface area (Å²) in [6.07, 6.45) is 5.17. The average Bonchev–Trinajstić information content (AvgIpc) is 3.17. The largest absolute Gasteiger partial charge is 0.496 e. The molecule has 0 aliphatic carbocycles. The summed E-state index contributed by atoms with van der Waals surface area (Å²) in [5.41, 5.74) is 13.0. The number of rotatable bonds is 8. The van der Waals surface area contributed by atoms with Crippen molar-refractivity contribution in [3.8, 4) is 28.1 Å².